The lowest BCUT2D eigenvalue weighted by Gasteiger charge is -2.00. The maximum atomic E-state index is 10.8. The van der Waals surface area contributed by atoms with Crippen molar-refractivity contribution in [1.82, 2.24) is 15.2 Å². The van der Waals surface area contributed by atoms with Gasteiger partial charge in [0.1, 0.15) is 17.3 Å². The molecule has 0 fully saturated rings. The zero-order valence-corrected chi connectivity index (χ0v) is 10.4. The molecule has 0 atom stereocenters. The van der Waals surface area contributed by atoms with E-state index in [1.807, 2.05) is 0 Å². The van der Waals surface area contributed by atoms with Gasteiger partial charge in [-0.05, 0) is 25.1 Å². The summed E-state index contributed by atoms with van der Waals surface area (Å²) >= 11 is 1.21. The number of aromatic nitrogens is 3. The maximum Gasteiger partial charge on any atom is 0.209 e. The highest BCUT2D eigenvalue weighted by atomic mass is 32.2. The quantitative estimate of drug-likeness (QED) is 0.573. The number of carbonyl (C=O) groups is 1. The van der Waals surface area contributed by atoms with E-state index >= 15 is 0 Å². The van der Waals surface area contributed by atoms with E-state index in [1.54, 1.807) is 0 Å². The second-order valence-electron chi connectivity index (χ2n) is 3.66. The Morgan fingerprint density at radius 1 is 1.44 bits per heavy atom. The topological polar surface area (TPSA) is 99.1 Å². The molecule has 0 radical (unpaired) electrons. The lowest BCUT2D eigenvalue weighted by atomic mass is 10.2. The first kappa shape index (κ1) is 12.4. The first-order valence-electron chi connectivity index (χ1n) is 5.13. The predicted octanol–water partition coefficient (Wildman–Crippen LogP) is 1.56. The summed E-state index contributed by atoms with van der Waals surface area (Å²) in [5, 5.41) is 26.0. The number of nitrogens with zero attached hydrogens (tertiary/aromatic N) is 2. The van der Waals surface area contributed by atoms with Crippen LogP contribution in [0.2, 0.25) is 0 Å². The number of nitrogens with one attached hydrogen (secondary N) is 1. The molecule has 2 rings (SSSR count). The van der Waals surface area contributed by atoms with Crippen LogP contribution in [0.4, 0.5) is 0 Å². The van der Waals surface area contributed by atoms with Crippen LogP contribution in [0.5, 0.6) is 11.5 Å². The molecule has 0 bridgehead atoms. The minimum atomic E-state index is -0.00734. The number of Topliss-reactive ketones (excluding diaryl/α,β-unsaturated/α-hetero) is 1. The summed E-state index contributed by atoms with van der Waals surface area (Å²) in [4.78, 5) is 15.0. The summed E-state index contributed by atoms with van der Waals surface area (Å²) in [5.41, 5.74) is 0.358. The number of aromatic hydroxyl groups is 2. The van der Waals surface area contributed by atoms with Crippen molar-refractivity contribution in [3.05, 3.63) is 18.2 Å². The smallest absolute Gasteiger partial charge is 0.209 e. The highest BCUT2D eigenvalue weighted by Crippen LogP contribution is 2.30. The molecule has 6 nitrogen and oxygen atoms in total. The van der Waals surface area contributed by atoms with Crippen LogP contribution in [0.25, 0.3) is 11.4 Å². The molecule has 0 amide bonds. The number of hydrogen-bond acceptors (Lipinski definition) is 6. The minimum Gasteiger partial charge on any atom is -0.508 e. The summed E-state index contributed by atoms with van der Waals surface area (Å²) in [6.07, 6.45) is 0. The highest BCUT2D eigenvalue weighted by Gasteiger charge is 2.11. The van der Waals surface area contributed by atoms with Gasteiger partial charge >= 0.3 is 0 Å². The molecule has 0 spiro atoms. The lowest BCUT2D eigenvalue weighted by molar-refractivity contribution is -0.114. The average Bonchev–Trinajstić information content (AvgIpc) is 2.78. The van der Waals surface area contributed by atoms with Crippen molar-refractivity contribution in [2.45, 2.75) is 12.1 Å². The normalized spacial score (nSPS) is 10.5. The highest BCUT2D eigenvalue weighted by molar-refractivity contribution is 7.99. The molecule has 0 saturated carbocycles. The predicted molar refractivity (Wildman–Crippen MR) is 66.6 cm³/mol. The Hall–Kier alpha value is -2.02. The molecule has 0 aliphatic rings. The van der Waals surface area contributed by atoms with E-state index in [2.05, 4.69) is 15.2 Å². The van der Waals surface area contributed by atoms with Gasteiger partial charge in [0.15, 0.2) is 5.82 Å². The SMILES string of the molecule is CC(=O)CSc1n[nH]c(-c2cc(O)ccc2O)n1. The van der Waals surface area contributed by atoms with Crippen LogP contribution in [0.15, 0.2) is 23.4 Å². The molecule has 1 aromatic carbocycles. The van der Waals surface area contributed by atoms with Crippen molar-refractivity contribution in [3.63, 3.8) is 0 Å². The van der Waals surface area contributed by atoms with Crippen LogP contribution in [0.3, 0.4) is 0 Å². The fourth-order valence-electron chi connectivity index (χ4n) is 1.31. The van der Waals surface area contributed by atoms with Crippen LogP contribution in [0, 0.1) is 0 Å². The molecular formula is C11H11N3O3S. The first-order chi connectivity index (χ1) is 8.56. The third-order valence-electron chi connectivity index (χ3n) is 2.10. The van der Waals surface area contributed by atoms with Gasteiger partial charge in [0.25, 0.3) is 0 Å². The Balaban J connectivity index is 2.23. The van der Waals surface area contributed by atoms with E-state index < -0.39 is 0 Å². The number of benzene rings is 1. The number of ketones is 1. The van der Waals surface area contributed by atoms with Crippen molar-refractivity contribution >= 4 is 17.5 Å². The molecule has 7 heteroatoms. The molecule has 0 aliphatic carbocycles. The standard InChI is InChI=1S/C11H11N3O3S/c1-6(15)5-18-11-12-10(13-14-11)8-4-7(16)2-3-9(8)17/h2-4,16-17H,5H2,1H3,(H,12,13,14). The lowest BCUT2D eigenvalue weighted by Crippen LogP contribution is -1.93. The minimum absolute atomic E-state index is 0.00734. The number of carbonyl (C=O) groups excluding carboxylic acids is 1. The van der Waals surface area contributed by atoms with E-state index in [0.29, 0.717) is 22.3 Å². The Morgan fingerprint density at radius 2 is 2.22 bits per heavy atom. The van der Waals surface area contributed by atoms with Gasteiger partial charge < -0.3 is 10.2 Å². The van der Waals surface area contributed by atoms with Crippen molar-refractivity contribution in [2.24, 2.45) is 0 Å². The molecule has 3 N–H and O–H groups in total. The van der Waals surface area contributed by atoms with Crippen LogP contribution in [-0.2, 0) is 4.79 Å². The van der Waals surface area contributed by atoms with E-state index in [4.69, 9.17) is 0 Å². The van der Waals surface area contributed by atoms with Crippen LogP contribution in [-0.4, -0.2) is 36.9 Å². The summed E-state index contributed by atoms with van der Waals surface area (Å²) in [6, 6.07) is 4.13. The van der Waals surface area contributed by atoms with Gasteiger partial charge in [0, 0.05) is 0 Å². The average molecular weight is 265 g/mol. The summed E-state index contributed by atoms with van der Waals surface area (Å²) in [6.45, 7) is 1.49. The second kappa shape index (κ2) is 5.09. The monoisotopic (exact) mass is 265 g/mol. The number of aromatic amines is 1. The largest absolute Gasteiger partial charge is 0.508 e. The van der Waals surface area contributed by atoms with Crippen molar-refractivity contribution < 1.29 is 15.0 Å². The van der Waals surface area contributed by atoms with Gasteiger partial charge in [-0.3, -0.25) is 9.89 Å². The number of rotatable bonds is 4. The molecule has 1 heterocycles. The van der Waals surface area contributed by atoms with E-state index in [0.717, 1.165) is 0 Å². The molecule has 1 aromatic heterocycles. The van der Waals surface area contributed by atoms with E-state index in [-0.39, 0.29) is 17.3 Å². The van der Waals surface area contributed by atoms with Crippen molar-refractivity contribution in [2.75, 3.05) is 5.75 Å². The Labute approximate surface area is 107 Å². The molecule has 94 valence electrons. The molecule has 2 aromatic rings. The molecule has 0 saturated heterocycles. The van der Waals surface area contributed by atoms with E-state index in [1.165, 1.54) is 36.9 Å². The Morgan fingerprint density at radius 3 is 2.94 bits per heavy atom. The Bertz CT molecular complexity index is 583. The number of H-pyrrole nitrogens is 1. The van der Waals surface area contributed by atoms with Crippen LogP contribution >= 0.6 is 11.8 Å². The zero-order chi connectivity index (χ0) is 13.1. The summed E-state index contributed by atoms with van der Waals surface area (Å²) < 4.78 is 0. The van der Waals surface area contributed by atoms with Crippen molar-refractivity contribution in [3.8, 4) is 22.9 Å². The van der Waals surface area contributed by atoms with Gasteiger partial charge in [-0.1, -0.05) is 11.8 Å². The maximum absolute atomic E-state index is 10.8. The molecular weight excluding hydrogens is 254 g/mol. The fraction of sp³-hybridized carbons (Fsp3) is 0.182. The number of thioether (sulfide) groups is 1. The number of hydrogen-bond donors (Lipinski definition) is 3. The van der Waals surface area contributed by atoms with Crippen molar-refractivity contribution in [1.29, 1.82) is 0 Å². The number of phenolic OH excluding ortho intramolecular Hbond substituents is 2. The van der Waals surface area contributed by atoms with Crippen LogP contribution in [0.1, 0.15) is 6.92 Å². The van der Waals surface area contributed by atoms with Gasteiger partial charge in [-0.15, -0.1) is 5.10 Å². The van der Waals surface area contributed by atoms with Gasteiger partial charge in [-0.25, -0.2) is 4.98 Å². The molecule has 18 heavy (non-hydrogen) atoms. The number of phenols is 2. The zero-order valence-electron chi connectivity index (χ0n) is 9.54. The third-order valence-corrected chi connectivity index (χ3v) is 3.10. The fourth-order valence-corrected chi connectivity index (χ4v) is 1.91. The van der Waals surface area contributed by atoms with Crippen LogP contribution < -0.4 is 0 Å². The van der Waals surface area contributed by atoms with Gasteiger partial charge in [0.2, 0.25) is 5.16 Å². The summed E-state index contributed by atoms with van der Waals surface area (Å²) in [7, 11) is 0. The summed E-state index contributed by atoms with van der Waals surface area (Å²) in [5.74, 6) is 0.689. The third kappa shape index (κ3) is 2.80. The molecule has 0 unspecified atom stereocenters. The Kier molecular flexibility index (Phi) is 3.52. The van der Waals surface area contributed by atoms with Gasteiger partial charge in [0.05, 0.1) is 11.3 Å². The second-order valence-corrected chi connectivity index (χ2v) is 4.60. The first-order valence-corrected chi connectivity index (χ1v) is 6.12. The van der Waals surface area contributed by atoms with E-state index in [9.17, 15) is 15.0 Å². The van der Waals surface area contributed by atoms with Gasteiger partial charge in [-0.2, -0.15) is 0 Å². The molecule has 0 aliphatic heterocycles.